The van der Waals surface area contributed by atoms with Crippen LogP contribution in [0.2, 0.25) is 0 Å². The summed E-state index contributed by atoms with van der Waals surface area (Å²) in [6.07, 6.45) is 4.63. The lowest BCUT2D eigenvalue weighted by Crippen LogP contribution is -2.41. The van der Waals surface area contributed by atoms with Gasteiger partial charge in [0.15, 0.2) is 11.6 Å². The zero-order valence-corrected chi connectivity index (χ0v) is 17.7. The smallest absolute Gasteiger partial charge is 0.243 e. The SMILES string of the molecule is O=C(Nc1ccc(N2CCCC2)nc1)C1CCN(S(=O)(=O)c2ccc(F)c(F)c2)CC1. The number of carbonyl (C=O) groups excluding carboxylic acids is 1. The first-order valence-electron chi connectivity index (χ1n) is 10.3. The number of benzene rings is 1. The van der Waals surface area contributed by atoms with Crippen LogP contribution in [0.5, 0.6) is 0 Å². The third-order valence-electron chi connectivity index (χ3n) is 5.80. The Morgan fingerprint density at radius 1 is 1.00 bits per heavy atom. The third kappa shape index (κ3) is 4.69. The molecule has 2 saturated heterocycles. The molecule has 7 nitrogen and oxygen atoms in total. The number of nitrogens with one attached hydrogen (secondary N) is 1. The lowest BCUT2D eigenvalue weighted by Gasteiger charge is -2.30. The number of rotatable bonds is 5. The van der Waals surface area contributed by atoms with E-state index in [1.165, 1.54) is 4.31 Å². The minimum atomic E-state index is -3.94. The number of carbonyl (C=O) groups is 1. The van der Waals surface area contributed by atoms with Gasteiger partial charge in [-0.2, -0.15) is 4.31 Å². The summed E-state index contributed by atoms with van der Waals surface area (Å²) in [5.41, 5.74) is 0.602. The van der Waals surface area contributed by atoms with Gasteiger partial charge in [0.1, 0.15) is 5.82 Å². The average molecular weight is 451 g/mol. The van der Waals surface area contributed by atoms with E-state index in [0.29, 0.717) is 24.6 Å². The minimum Gasteiger partial charge on any atom is -0.357 e. The summed E-state index contributed by atoms with van der Waals surface area (Å²) in [6.45, 7) is 2.24. The normalized spacial score (nSPS) is 18.3. The van der Waals surface area contributed by atoms with E-state index in [4.69, 9.17) is 0 Å². The van der Waals surface area contributed by atoms with Crippen molar-refractivity contribution in [2.75, 3.05) is 36.4 Å². The fraction of sp³-hybridized carbons (Fsp3) is 0.429. The van der Waals surface area contributed by atoms with Crippen molar-refractivity contribution in [2.45, 2.75) is 30.6 Å². The highest BCUT2D eigenvalue weighted by Crippen LogP contribution is 2.26. The van der Waals surface area contributed by atoms with Crippen LogP contribution in [0.4, 0.5) is 20.3 Å². The highest BCUT2D eigenvalue weighted by atomic mass is 32.2. The lowest BCUT2D eigenvalue weighted by atomic mass is 9.97. The van der Waals surface area contributed by atoms with Gasteiger partial charge in [-0.15, -0.1) is 0 Å². The van der Waals surface area contributed by atoms with Gasteiger partial charge in [-0.25, -0.2) is 22.2 Å². The zero-order valence-electron chi connectivity index (χ0n) is 16.9. The minimum absolute atomic E-state index is 0.131. The summed E-state index contributed by atoms with van der Waals surface area (Å²) < 4.78 is 53.1. The molecule has 0 unspecified atom stereocenters. The van der Waals surface area contributed by atoms with Gasteiger partial charge in [-0.05, 0) is 56.0 Å². The van der Waals surface area contributed by atoms with E-state index in [2.05, 4.69) is 15.2 Å². The van der Waals surface area contributed by atoms with Crippen LogP contribution in [-0.4, -0.2) is 49.8 Å². The standard InChI is InChI=1S/C21H24F2N4O3S/c22-18-5-4-17(13-19(18)23)31(29,30)27-11-7-15(8-12-27)21(28)25-16-3-6-20(24-14-16)26-9-1-2-10-26/h3-6,13-15H,1-2,7-12H2,(H,25,28). The molecule has 0 aliphatic carbocycles. The first-order valence-corrected chi connectivity index (χ1v) is 11.8. The Bertz CT molecular complexity index is 1050. The van der Waals surface area contributed by atoms with Gasteiger partial charge in [-0.3, -0.25) is 4.79 Å². The van der Waals surface area contributed by atoms with E-state index < -0.39 is 21.7 Å². The Hall–Kier alpha value is -2.59. The molecule has 1 amide bonds. The predicted octanol–water partition coefficient (Wildman–Crippen LogP) is 3.00. The first kappa shape index (κ1) is 21.6. The number of anilines is 2. The van der Waals surface area contributed by atoms with E-state index in [9.17, 15) is 22.0 Å². The molecule has 4 rings (SSSR count). The molecular formula is C21H24F2N4O3S. The zero-order chi connectivity index (χ0) is 22.0. The van der Waals surface area contributed by atoms with Crippen molar-refractivity contribution in [3.8, 4) is 0 Å². The van der Waals surface area contributed by atoms with Crippen LogP contribution in [0.25, 0.3) is 0 Å². The maximum Gasteiger partial charge on any atom is 0.243 e. The van der Waals surface area contributed by atoms with Gasteiger partial charge < -0.3 is 10.2 Å². The Labute approximate surface area is 180 Å². The van der Waals surface area contributed by atoms with Crippen LogP contribution in [0.1, 0.15) is 25.7 Å². The molecule has 1 aromatic carbocycles. The average Bonchev–Trinajstić information content (AvgIpc) is 3.31. The van der Waals surface area contributed by atoms with Gasteiger partial charge in [0, 0.05) is 32.1 Å². The largest absolute Gasteiger partial charge is 0.357 e. The number of piperidine rings is 1. The second kappa shape index (κ2) is 8.88. The Kier molecular flexibility index (Phi) is 6.19. The monoisotopic (exact) mass is 450 g/mol. The molecule has 1 aromatic heterocycles. The second-order valence-corrected chi connectivity index (χ2v) is 9.78. The summed E-state index contributed by atoms with van der Waals surface area (Å²) in [7, 11) is -3.94. The number of halogens is 2. The van der Waals surface area contributed by atoms with Crippen molar-refractivity contribution >= 4 is 27.4 Å². The molecule has 166 valence electrons. The van der Waals surface area contributed by atoms with Crippen LogP contribution >= 0.6 is 0 Å². The van der Waals surface area contributed by atoms with Crippen LogP contribution in [0, 0.1) is 17.6 Å². The number of hydrogen-bond acceptors (Lipinski definition) is 5. The molecule has 10 heteroatoms. The molecule has 0 atom stereocenters. The molecule has 0 spiro atoms. The molecule has 0 radical (unpaired) electrons. The Morgan fingerprint density at radius 3 is 2.32 bits per heavy atom. The molecule has 1 N–H and O–H groups in total. The summed E-state index contributed by atoms with van der Waals surface area (Å²) in [6, 6.07) is 6.23. The summed E-state index contributed by atoms with van der Waals surface area (Å²) >= 11 is 0. The highest BCUT2D eigenvalue weighted by molar-refractivity contribution is 7.89. The number of aromatic nitrogens is 1. The van der Waals surface area contributed by atoms with Crippen molar-refractivity contribution < 1.29 is 22.0 Å². The summed E-state index contributed by atoms with van der Waals surface area (Å²) in [5, 5.41) is 2.85. The van der Waals surface area contributed by atoms with E-state index >= 15 is 0 Å². The van der Waals surface area contributed by atoms with E-state index in [1.807, 2.05) is 12.1 Å². The number of sulfonamides is 1. The van der Waals surface area contributed by atoms with Crippen LogP contribution in [-0.2, 0) is 14.8 Å². The van der Waals surface area contributed by atoms with E-state index in [1.54, 1.807) is 6.20 Å². The molecule has 3 heterocycles. The number of hydrogen-bond donors (Lipinski definition) is 1. The predicted molar refractivity (Wildman–Crippen MR) is 112 cm³/mol. The van der Waals surface area contributed by atoms with Crippen molar-refractivity contribution in [1.29, 1.82) is 0 Å². The number of pyridine rings is 1. The van der Waals surface area contributed by atoms with Gasteiger partial charge in [-0.1, -0.05) is 0 Å². The molecule has 31 heavy (non-hydrogen) atoms. The Morgan fingerprint density at radius 2 is 1.71 bits per heavy atom. The lowest BCUT2D eigenvalue weighted by molar-refractivity contribution is -0.120. The second-order valence-electron chi connectivity index (χ2n) is 7.84. The van der Waals surface area contributed by atoms with Gasteiger partial charge >= 0.3 is 0 Å². The van der Waals surface area contributed by atoms with Crippen molar-refractivity contribution in [2.24, 2.45) is 5.92 Å². The first-order chi connectivity index (χ1) is 14.8. The molecular weight excluding hydrogens is 426 g/mol. The molecule has 2 aliphatic heterocycles. The summed E-state index contributed by atoms with van der Waals surface area (Å²) in [5.74, 6) is -1.93. The highest BCUT2D eigenvalue weighted by Gasteiger charge is 2.32. The molecule has 0 saturated carbocycles. The molecule has 2 aliphatic rings. The fourth-order valence-corrected chi connectivity index (χ4v) is 5.46. The van der Waals surface area contributed by atoms with Crippen molar-refractivity contribution in [3.05, 3.63) is 48.2 Å². The van der Waals surface area contributed by atoms with Crippen LogP contribution in [0.15, 0.2) is 41.4 Å². The van der Waals surface area contributed by atoms with Crippen molar-refractivity contribution in [3.63, 3.8) is 0 Å². The number of amides is 1. The van der Waals surface area contributed by atoms with Gasteiger partial charge in [0.05, 0.1) is 16.8 Å². The van der Waals surface area contributed by atoms with Crippen LogP contribution in [0.3, 0.4) is 0 Å². The molecule has 2 aromatic rings. The van der Waals surface area contributed by atoms with Crippen LogP contribution < -0.4 is 10.2 Å². The van der Waals surface area contributed by atoms with E-state index in [-0.39, 0.29) is 29.8 Å². The van der Waals surface area contributed by atoms with Gasteiger partial charge in [0.2, 0.25) is 15.9 Å². The third-order valence-corrected chi connectivity index (χ3v) is 7.69. The summed E-state index contributed by atoms with van der Waals surface area (Å²) in [4.78, 5) is 18.9. The maximum absolute atomic E-state index is 13.4. The molecule has 0 bridgehead atoms. The van der Waals surface area contributed by atoms with Gasteiger partial charge in [0.25, 0.3) is 0 Å². The molecule has 2 fully saturated rings. The number of nitrogens with zero attached hydrogens (tertiary/aromatic N) is 3. The maximum atomic E-state index is 13.4. The van der Waals surface area contributed by atoms with E-state index in [0.717, 1.165) is 43.9 Å². The van der Waals surface area contributed by atoms with Crippen molar-refractivity contribution in [1.82, 2.24) is 9.29 Å². The topological polar surface area (TPSA) is 82.6 Å². The quantitative estimate of drug-likeness (QED) is 0.757. The Balaban J connectivity index is 1.33. The fourth-order valence-electron chi connectivity index (χ4n) is 3.98.